The molecule has 0 unspecified atom stereocenters. The number of aliphatic hydroxyl groups excluding tert-OH is 2. The number of ether oxygens (including phenoxy) is 2. The summed E-state index contributed by atoms with van der Waals surface area (Å²) in [4.78, 5) is 47.6. The van der Waals surface area contributed by atoms with E-state index in [2.05, 4.69) is 20.1 Å². The topological polar surface area (TPSA) is 273 Å². The van der Waals surface area contributed by atoms with Crippen LogP contribution in [0, 0.1) is 0 Å². The number of carboxylic acid groups (broad SMARTS) is 1. The van der Waals surface area contributed by atoms with E-state index in [1.165, 1.54) is 20.8 Å². The van der Waals surface area contributed by atoms with Crippen LogP contribution in [-0.2, 0) is 43.2 Å². The molecule has 1 heterocycles. The summed E-state index contributed by atoms with van der Waals surface area (Å²) < 4.78 is 45.9. The molecule has 1 saturated heterocycles. The molecule has 3 amide bonds. The lowest BCUT2D eigenvalue weighted by Gasteiger charge is -2.43. The molecule has 9 atom stereocenters. The van der Waals surface area contributed by atoms with Gasteiger partial charge in [-0.15, -0.1) is 0 Å². The molecule has 1 rings (SSSR count). The van der Waals surface area contributed by atoms with Gasteiger partial charge in [0, 0.05) is 6.92 Å². The van der Waals surface area contributed by atoms with E-state index in [0.717, 1.165) is 6.92 Å². The molecule has 1 aliphatic heterocycles. The summed E-state index contributed by atoms with van der Waals surface area (Å²) in [5.74, 6) is -3.83. The van der Waals surface area contributed by atoms with E-state index in [-0.39, 0.29) is 0 Å². The molecule has 0 saturated carbocycles. The zero-order valence-corrected chi connectivity index (χ0v) is 20.7. The maximum Gasteiger partial charge on any atom is 0.397 e. The van der Waals surface area contributed by atoms with Crippen molar-refractivity contribution in [1.29, 1.82) is 0 Å². The first-order chi connectivity index (χ1) is 16.4. The maximum atomic E-state index is 12.7. The van der Waals surface area contributed by atoms with E-state index in [9.17, 15) is 37.8 Å². The third-order valence-corrected chi connectivity index (χ3v) is 5.43. The number of nitrogens with one attached hydrogen (secondary N) is 3. The Morgan fingerprint density at radius 2 is 1.64 bits per heavy atom. The smallest absolute Gasteiger partial charge is 0.397 e. The lowest BCUT2D eigenvalue weighted by molar-refractivity contribution is -0.280. The van der Waals surface area contributed by atoms with Crippen molar-refractivity contribution in [3.05, 3.63) is 0 Å². The minimum absolute atomic E-state index is 0.682. The molecule has 208 valence electrons. The normalized spacial score (nSPS) is 27.7. The average Bonchev–Trinajstić information content (AvgIpc) is 2.74. The zero-order valence-electron chi connectivity index (χ0n) is 19.9. The zero-order chi connectivity index (χ0) is 28.0. The first-order valence-corrected chi connectivity index (χ1v) is 12.0. The van der Waals surface area contributed by atoms with E-state index >= 15 is 0 Å². The molecule has 18 heteroatoms. The van der Waals surface area contributed by atoms with E-state index in [0.29, 0.717) is 0 Å². The van der Waals surface area contributed by atoms with Crippen LogP contribution >= 0.6 is 0 Å². The number of aliphatic carboxylic acids is 1. The van der Waals surface area contributed by atoms with Crippen LogP contribution in [-0.4, -0.2) is 113 Å². The second-order valence-corrected chi connectivity index (χ2v) is 9.24. The van der Waals surface area contributed by atoms with E-state index < -0.39 is 95.6 Å². The van der Waals surface area contributed by atoms with Gasteiger partial charge >= 0.3 is 16.4 Å². The Morgan fingerprint density at radius 1 is 1.06 bits per heavy atom. The van der Waals surface area contributed by atoms with Gasteiger partial charge in [0.1, 0.15) is 36.4 Å². The molecule has 0 aliphatic carbocycles. The van der Waals surface area contributed by atoms with Gasteiger partial charge in [-0.25, -0.2) is 4.18 Å². The number of carbonyl (C=O) groups is 4. The molecule has 9 N–H and O–H groups in total. The standard InChI is InChI=1S/C18H32N4O13S/c1-6(19)15(26)22-11(16(27)20-7(2)17(28)29)8(3)34-18-12(21-9(4)23)14(25)13(24)10(35-18)5-33-36(30,31)32/h6-8,10-14,18,24-25H,5,19H2,1-4H3,(H,20,27)(H,21,23)(H,22,26)(H,28,29)(H,30,31,32)/t6-,7-,8+,10+,11-,12+,13-,14+,18-/m0/s1. The Balaban J connectivity index is 3.22. The minimum atomic E-state index is -4.95. The van der Waals surface area contributed by atoms with Crippen molar-refractivity contribution in [1.82, 2.24) is 16.0 Å². The highest BCUT2D eigenvalue weighted by Gasteiger charge is 2.47. The molecular formula is C18H32N4O13S. The Hall–Kier alpha value is -2.45. The number of hydrogen-bond donors (Lipinski definition) is 8. The highest BCUT2D eigenvalue weighted by Crippen LogP contribution is 2.24. The summed E-state index contributed by atoms with van der Waals surface area (Å²) in [6, 6.07) is -5.42. The third kappa shape index (κ3) is 9.54. The van der Waals surface area contributed by atoms with Crippen LogP contribution in [0.2, 0.25) is 0 Å². The predicted molar refractivity (Wildman–Crippen MR) is 117 cm³/mol. The summed E-state index contributed by atoms with van der Waals surface area (Å²) in [6.45, 7) is 3.89. The number of aliphatic hydroxyl groups is 2. The number of amides is 3. The lowest BCUT2D eigenvalue weighted by Crippen LogP contribution is -2.66. The maximum absolute atomic E-state index is 12.7. The Labute approximate surface area is 206 Å². The van der Waals surface area contributed by atoms with Gasteiger partial charge < -0.3 is 46.5 Å². The first-order valence-electron chi connectivity index (χ1n) is 10.6. The molecule has 17 nitrogen and oxygen atoms in total. The monoisotopic (exact) mass is 544 g/mol. The van der Waals surface area contributed by atoms with Crippen molar-refractivity contribution < 1.29 is 61.1 Å². The Morgan fingerprint density at radius 3 is 2.11 bits per heavy atom. The van der Waals surface area contributed by atoms with Gasteiger partial charge in [0.05, 0.1) is 18.8 Å². The van der Waals surface area contributed by atoms with Crippen molar-refractivity contribution in [3.63, 3.8) is 0 Å². The molecule has 0 aromatic rings. The number of carbonyl (C=O) groups excluding carboxylic acids is 3. The molecule has 0 bridgehead atoms. The van der Waals surface area contributed by atoms with Crippen molar-refractivity contribution in [3.8, 4) is 0 Å². The van der Waals surface area contributed by atoms with Crippen LogP contribution < -0.4 is 21.7 Å². The first kappa shape index (κ1) is 31.6. The number of nitrogens with two attached hydrogens (primary N) is 1. The fraction of sp³-hybridized carbons (Fsp3) is 0.778. The molecule has 0 aromatic carbocycles. The predicted octanol–water partition coefficient (Wildman–Crippen LogP) is -4.42. The quantitative estimate of drug-likeness (QED) is 0.108. The second-order valence-electron chi connectivity index (χ2n) is 8.15. The molecule has 0 spiro atoms. The molecule has 1 aliphatic rings. The van der Waals surface area contributed by atoms with Gasteiger partial charge in [-0.1, -0.05) is 0 Å². The number of hydrogen-bond acceptors (Lipinski definition) is 12. The van der Waals surface area contributed by atoms with Crippen LogP contribution in [0.15, 0.2) is 0 Å². The van der Waals surface area contributed by atoms with E-state index in [4.69, 9.17) is 24.9 Å². The molecule has 0 aromatic heterocycles. The average molecular weight is 545 g/mol. The van der Waals surface area contributed by atoms with E-state index in [1.807, 2.05) is 0 Å². The summed E-state index contributed by atoms with van der Waals surface area (Å²) in [5, 5.41) is 36.6. The van der Waals surface area contributed by atoms with Gasteiger partial charge in [0.25, 0.3) is 0 Å². The fourth-order valence-corrected chi connectivity index (χ4v) is 3.37. The number of carboxylic acids is 1. The molecule has 36 heavy (non-hydrogen) atoms. The SMILES string of the molecule is CC(=O)N[C@H]1[C@@H](O[C@H](C)[C@H](NC(=O)[C@H](C)N)C(=O)N[C@@H](C)C(=O)O)O[C@H](COS(=O)(=O)O)[C@H](O)[C@@H]1O. The van der Waals surface area contributed by atoms with Gasteiger partial charge in [-0.3, -0.25) is 23.7 Å². The van der Waals surface area contributed by atoms with Crippen LogP contribution in [0.4, 0.5) is 0 Å². The van der Waals surface area contributed by atoms with Gasteiger partial charge in [0.15, 0.2) is 6.29 Å². The summed E-state index contributed by atoms with van der Waals surface area (Å²) >= 11 is 0. The largest absolute Gasteiger partial charge is 0.480 e. The van der Waals surface area contributed by atoms with Gasteiger partial charge in [-0.2, -0.15) is 8.42 Å². The van der Waals surface area contributed by atoms with Crippen molar-refractivity contribution in [2.45, 2.75) is 82.6 Å². The summed E-state index contributed by atoms with van der Waals surface area (Å²) in [7, 11) is -4.95. The minimum Gasteiger partial charge on any atom is -0.480 e. The third-order valence-electron chi connectivity index (χ3n) is 4.99. The summed E-state index contributed by atoms with van der Waals surface area (Å²) in [6.07, 6.45) is -8.20. The van der Waals surface area contributed by atoms with E-state index in [1.54, 1.807) is 0 Å². The van der Waals surface area contributed by atoms with Crippen LogP contribution in [0.3, 0.4) is 0 Å². The lowest BCUT2D eigenvalue weighted by atomic mass is 9.96. The molecular weight excluding hydrogens is 512 g/mol. The van der Waals surface area contributed by atoms with Crippen LogP contribution in [0.1, 0.15) is 27.7 Å². The molecule has 0 radical (unpaired) electrons. The Kier molecular flexibility index (Phi) is 11.6. The van der Waals surface area contributed by atoms with Crippen LogP contribution in [0.25, 0.3) is 0 Å². The highest BCUT2D eigenvalue weighted by atomic mass is 32.3. The highest BCUT2D eigenvalue weighted by molar-refractivity contribution is 7.80. The molecule has 1 fully saturated rings. The van der Waals surface area contributed by atoms with Gasteiger partial charge in [-0.05, 0) is 20.8 Å². The van der Waals surface area contributed by atoms with Crippen molar-refractivity contribution in [2.24, 2.45) is 5.73 Å². The van der Waals surface area contributed by atoms with Gasteiger partial charge in [0.2, 0.25) is 17.7 Å². The van der Waals surface area contributed by atoms with Crippen LogP contribution in [0.5, 0.6) is 0 Å². The fourth-order valence-electron chi connectivity index (χ4n) is 3.06. The van der Waals surface area contributed by atoms with Crippen molar-refractivity contribution in [2.75, 3.05) is 6.61 Å². The second kappa shape index (κ2) is 13.2. The van der Waals surface area contributed by atoms with Crippen molar-refractivity contribution >= 4 is 34.1 Å². The Bertz CT molecular complexity index is 915. The number of rotatable bonds is 12. The summed E-state index contributed by atoms with van der Waals surface area (Å²) in [5.41, 5.74) is 5.52.